The number of nitriles is 1. The summed E-state index contributed by atoms with van der Waals surface area (Å²) >= 11 is 0. The molecule has 1 aromatic heterocycles. The minimum absolute atomic E-state index is 0.0748. The number of carbonyl (C=O) groups excluding carboxylic acids is 1. The Hall–Kier alpha value is -2.72. The fraction of sp³-hybridized carbons (Fsp3) is 0.474. The van der Waals surface area contributed by atoms with Gasteiger partial charge in [0.25, 0.3) is 0 Å². The van der Waals surface area contributed by atoms with E-state index >= 15 is 0 Å². The molecule has 1 unspecified atom stereocenters. The van der Waals surface area contributed by atoms with Crippen LogP contribution >= 0.6 is 0 Å². The van der Waals surface area contributed by atoms with Gasteiger partial charge >= 0.3 is 0 Å². The topological polar surface area (TPSA) is 84.0 Å². The van der Waals surface area contributed by atoms with Crippen molar-refractivity contribution in [1.29, 1.82) is 5.26 Å². The number of rotatable bonds is 4. The quantitative estimate of drug-likeness (QED) is 0.838. The average molecular weight is 351 g/mol. The summed E-state index contributed by atoms with van der Waals surface area (Å²) in [5, 5.41) is 17.5. The molecule has 1 atom stereocenters. The number of carbonyl (C=O) groups is 1. The van der Waals surface area contributed by atoms with Crippen LogP contribution < -0.4 is 0 Å². The highest BCUT2D eigenvalue weighted by Gasteiger charge is 2.39. The van der Waals surface area contributed by atoms with Crippen LogP contribution in [-0.2, 0) is 16.1 Å². The van der Waals surface area contributed by atoms with Crippen LogP contribution in [0.3, 0.4) is 0 Å². The van der Waals surface area contributed by atoms with Crippen molar-refractivity contribution < 1.29 is 9.53 Å². The molecular weight excluding hydrogens is 330 g/mol. The zero-order valence-corrected chi connectivity index (χ0v) is 14.8. The summed E-state index contributed by atoms with van der Waals surface area (Å²) in [6, 6.07) is 9.54. The van der Waals surface area contributed by atoms with Gasteiger partial charge in [-0.25, -0.2) is 0 Å². The summed E-state index contributed by atoms with van der Waals surface area (Å²) < 4.78 is 7.42. The maximum Gasteiger partial charge on any atom is 0.243 e. The molecule has 2 aromatic rings. The number of aryl methyl sites for hydroxylation is 1. The van der Waals surface area contributed by atoms with E-state index < -0.39 is 0 Å². The molecule has 0 spiro atoms. The van der Waals surface area contributed by atoms with Gasteiger partial charge in [-0.1, -0.05) is 12.1 Å². The van der Waals surface area contributed by atoms with Crippen molar-refractivity contribution in [3.05, 3.63) is 35.7 Å². The smallest absolute Gasteiger partial charge is 0.243 e. The molecule has 134 valence electrons. The fourth-order valence-corrected chi connectivity index (χ4v) is 3.54. The van der Waals surface area contributed by atoms with E-state index in [0.717, 1.165) is 5.56 Å². The second kappa shape index (κ2) is 6.89. The molecule has 0 radical (unpaired) electrons. The van der Waals surface area contributed by atoms with Gasteiger partial charge in [0.1, 0.15) is 12.4 Å². The summed E-state index contributed by atoms with van der Waals surface area (Å²) in [6.07, 6.45) is 2.35. The predicted octanol–water partition coefficient (Wildman–Crippen LogP) is 1.76. The van der Waals surface area contributed by atoms with Crippen LogP contribution in [0.2, 0.25) is 0 Å². The lowest BCUT2D eigenvalue weighted by molar-refractivity contribution is -0.141. The molecule has 2 heterocycles. The molecule has 1 amide bonds. The lowest BCUT2D eigenvalue weighted by Crippen LogP contribution is -2.50. The summed E-state index contributed by atoms with van der Waals surface area (Å²) in [4.78, 5) is 15.0. The van der Waals surface area contributed by atoms with E-state index in [1.165, 1.54) is 12.8 Å². The maximum absolute atomic E-state index is 13.0. The first-order chi connectivity index (χ1) is 12.7. The molecule has 1 saturated carbocycles. The molecule has 2 fully saturated rings. The Morgan fingerprint density at radius 3 is 3.00 bits per heavy atom. The normalized spacial score (nSPS) is 20.0. The molecule has 4 rings (SSSR count). The van der Waals surface area contributed by atoms with E-state index in [1.54, 1.807) is 12.1 Å². The number of nitrogens with zero attached hydrogens (tertiary/aromatic N) is 5. The molecule has 1 aromatic carbocycles. The highest BCUT2D eigenvalue weighted by molar-refractivity contribution is 5.77. The van der Waals surface area contributed by atoms with Gasteiger partial charge < -0.3 is 14.2 Å². The monoisotopic (exact) mass is 351 g/mol. The first-order valence-electron chi connectivity index (χ1n) is 8.95. The van der Waals surface area contributed by atoms with E-state index in [9.17, 15) is 4.79 Å². The molecule has 7 heteroatoms. The van der Waals surface area contributed by atoms with E-state index in [0.29, 0.717) is 42.9 Å². The van der Waals surface area contributed by atoms with Gasteiger partial charge in [0.05, 0.1) is 30.9 Å². The second-order valence-corrected chi connectivity index (χ2v) is 6.92. The van der Waals surface area contributed by atoms with Gasteiger partial charge in [0.2, 0.25) is 5.91 Å². The Labute approximate surface area is 152 Å². The predicted molar refractivity (Wildman–Crippen MR) is 94.0 cm³/mol. The molecule has 7 nitrogen and oxygen atoms in total. The molecular formula is C19H21N5O2. The van der Waals surface area contributed by atoms with E-state index in [2.05, 4.69) is 16.3 Å². The Balaban J connectivity index is 1.59. The number of hydrogen-bond donors (Lipinski definition) is 0. The average Bonchev–Trinajstić information content (AvgIpc) is 3.46. The molecule has 2 aliphatic rings. The highest BCUT2D eigenvalue weighted by atomic mass is 16.5. The van der Waals surface area contributed by atoms with Crippen molar-refractivity contribution in [1.82, 2.24) is 19.7 Å². The Morgan fingerprint density at radius 1 is 1.38 bits per heavy atom. The number of aromatic nitrogens is 3. The lowest BCUT2D eigenvalue weighted by atomic mass is 10.1. The van der Waals surface area contributed by atoms with Gasteiger partial charge in [-0.2, -0.15) is 5.26 Å². The molecule has 0 N–H and O–H groups in total. The van der Waals surface area contributed by atoms with Crippen molar-refractivity contribution in [2.45, 2.75) is 32.4 Å². The van der Waals surface area contributed by atoms with Crippen molar-refractivity contribution in [2.24, 2.45) is 5.92 Å². The summed E-state index contributed by atoms with van der Waals surface area (Å²) in [5.74, 6) is 1.95. The molecule has 26 heavy (non-hydrogen) atoms. The number of morpholine rings is 1. The van der Waals surface area contributed by atoms with Gasteiger partial charge in [-0.15, -0.1) is 10.2 Å². The van der Waals surface area contributed by atoms with Crippen LogP contribution in [-0.4, -0.2) is 51.4 Å². The first-order valence-corrected chi connectivity index (χ1v) is 8.95. The van der Waals surface area contributed by atoms with Crippen molar-refractivity contribution in [3.8, 4) is 17.5 Å². The first kappa shape index (κ1) is 16.7. The lowest BCUT2D eigenvalue weighted by Gasteiger charge is -2.36. The SMILES string of the molecule is Cc1nnc(-c2cccc(C#N)c2)n1CC(=O)N1CCOCC1C1CC1. The fourth-order valence-electron chi connectivity index (χ4n) is 3.54. The Bertz CT molecular complexity index is 865. The van der Waals surface area contributed by atoms with E-state index in [4.69, 9.17) is 10.00 Å². The Morgan fingerprint density at radius 2 is 2.23 bits per heavy atom. The molecule has 1 aliphatic carbocycles. The van der Waals surface area contributed by atoms with Crippen LogP contribution in [0.15, 0.2) is 24.3 Å². The summed E-state index contributed by atoms with van der Waals surface area (Å²) in [6.45, 7) is 3.91. The third-order valence-corrected chi connectivity index (χ3v) is 5.13. The third-order valence-electron chi connectivity index (χ3n) is 5.13. The Kier molecular flexibility index (Phi) is 4.43. The number of benzene rings is 1. The molecule has 1 aliphatic heterocycles. The number of ether oxygens (including phenoxy) is 1. The summed E-state index contributed by atoms with van der Waals surface area (Å²) in [5.41, 5.74) is 1.35. The van der Waals surface area contributed by atoms with Gasteiger partial charge in [-0.3, -0.25) is 4.79 Å². The number of hydrogen-bond acceptors (Lipinski definition) is 5. The summed E-state index contributed by atoms with van der Waals surface area (Å²) in [7, 11) is 0. The third kappa shape index (κ3) is 3.20. The van der Waals surface area contributed by atoms with E-state index in [-0.39, 0.29) is 18.5 Å². The zero-order chi connectivity index (χ0) is 18.1. The largest absolute Gasteiger partial charge is 0.377 e. The van der Waals surface area contributed by atoms with Gasteiger partial charge in [0, 0.05) is 12.1 Å². The minimum Gasteiger partial charge on any atom is -0.377 e. The minimum atomic E-state index is 0.0748. The molecule has 1 saturated heterocycles. The van der Waals surface area contributed by atoms with Crippen molar-refractivity contribution in [2.75, 3.05) is 19.8 Å². The van der Waals surface area contributed by atoms with Crippen LogP contribution in [0.4, 0.5) is 0 Å². The number of amides is 1. The van der Waals surface area contributed by atoms with Crippen LogP contribution in [0, 0.1) is 24.2 Å². The zero-order valence-electron chi connectivity index (χ0n) is 14.8. The van der Waals surface area contributed by atoms with Crippen molar-refractivity contribution in [3.63, 3.8) is 0 Å². The maximum atomic E-state index is 13.0. The van der Waals surface area contributed by atoms with Crippen LogP contribution in [0.1, 0.15) is 24.2 Å². The van der Waals surface area contributed by atoms with E-state index in [1.807, 2.05) is 28.5 Å². The second-order valence-electron chi connectivity index (χ2n) is 6.92. The highest BCUT2D eigenvalue weighted by Crippen LogP contribution is 2.36. The molecule has 0 bridgehead atoms. The van der Waals surface area contributed by atoms with Crippen molar-refractivity contribution >= 4 is 5.91 Å². The standard InChI is InChI=1S/C19H21N5O2/c1-13-21-22-19(16-4-2-3-14(9-16)10-20)24(13)11-18(25)23-7-8-26-12-17(23)15-5-6-15/h2-4,9,15,17H,5-8,11-12H2,1H3. The van der Waals surface area contributed by atoms with Gasteiger partial charge in [-0.05, 0) is 37.8 Å². The van der Waals surface area contributed by atoms with Crippen LogP contribution in [0.5, 0.6) is 0 Å². The van der Waals surface area contributed by atoms with Crippen LogP contribution in [0.25, 0.3) is 11.4 Å². The van der Waals surface area contributed by atoms with Gasteiger partial charge in [0.15, 0.2) is 5.82 Å².